The Morgan fingerprint density at radius 3 is 2.60 bits per heavy atom. The molecule has 1 nitrogen and oxygen atoms in total. The van der Waals surface area contributed by atoms with E-state index in [-0.39, 0.29) is 0 Å². The molecule has 3 rings (SSSR count). The molecule has 0 unspecified atom stereocenters. The van der Waals surface area contributed by atoms with E-state index in [0.29, 0.717) is 0 Å². The Labute approximate surface area is 153 Å². The van der Waals surface area contributed by atoms with Gasteiger partial charge in [0.1, 0.15) is 0 Å². The molecule has 134 valence electrons. The van der Waals surface area contributed by atoms with Crippen LogP contribution >= 0.6 is 0 Å². The quantitative estimate of drug-likeness (QED) is 0.524. The lowest BCUT2D eigenvalue weighted by Crippen LogP contribution is -2.32. The normalized spacial score (nSPS) is 13.3. The summed E-state index contributed by atoms with van der Waals surface area (Å²) in [6.07, 6.45) is 13.3. The molecule has 1 aliphatic rings. The van der Waals surface area contributed by atoms with E-state index in [1.807, 2.05) is 0 Å². The van der Waals surface area contributed by atoms with Crippen molar-refractivity contribution in [2.24, 2.45) is 0 Å². The number of hydrogen-bond donors (Lipinski definition) is 0. The van der Waals surface area contributed by atoms with E-state index in [0.717, 1.165) is 12.5 Å². The van der Waals surface area contributed by atoms with Crippen molar-refractivity contribution in [3.8, 4) is 0 Å². The maximum absolute atomic E-state index is 2.59. The van der Waals surface area contributed by atoms with E-state index < -0.39 is 0 Å². The van der Waals surface area contributed by atoms with Crippen molar-refractivity contribution in [3.63, 3.8) is 0 Å². The van der Waals surface area contributed by atoms with Crippen LogP contribution in [-0.2, 0) is 12.8 Å². The molecule has 1 heteroatoms. The van der Waals surface area contributed by atoms with Crippen LogP contribution in [0.5, 0.6) is 0 Å². The van der Waals surface area contributed by atoms with Crippen LogP contribution in [0.2, 0.25) is 0 Å². The fourth-order valence-electron chi connectivity index (χ4n) is 4.25. The topological polar surface area (TPSA) is 3.24 Å². The second-order valence-corrected chi connectivity index (χ2v) is 7.62. The van der Waals surface area contributed by atoms with Crippen LogP contribution < -0.4 is 0 Å². The molecule has 25 heavy (non-hydrogen) atoms. The standard InChI is InChI=1S/C24H33N/c1-4-8-22(9-5-2)25(3)17-7-10-19-13-16-24-21(18-19)15-14-20-11-6-12-23(20)24/h6,12-16,18,22H,4-5,7-11,17H2,1-3H3. The van der Waals surface area contributed by atoms with Crippen molar-refractivity contribution >= 4 is 16.8 Å². The Bertz CT molecular complexity index is 722. The monoisotopic (exact) mass is 335 g/mol. The largest absolute Gasteiger partial charge is 0.303 e. The first-order chi connectivity index (χ1) is 12.2. The summed E-state index contributed by atoms with van der Waals surface area (Å²) in [7, 11) is 2.31. The minimum absolute atomic E-state index is 0.765. The summed E-state index contributed by atoms with van der Waals surface area (Å²) in [6.45, 7) is 5.81. The van der Waals surface area contributed by atoms with Crippen LogP contribution in [0.3, 0.4) is 0 Å². The number of hydrogen-bond acceptors (Lipinski definition) is 1. The first-order valence-electron chi connectivity index (χ1n) is 10.1. The van der Waals surface area contributed by atoms with Gasteiger partial charge >= 0.3 is 0 Å². The molecule has 2 aromatic rings. The van der Waals surface area contributed by atoms with Gasteiger partial charge in [0.2, 0.25) is 0 Å². The number of fused-ring (bicyclic) bond motifs is 3. The average molecular weight is 336 g/mol. The van der Waals surface area contributed by atoms with Crippen LogP contribution in [0.4, 0.5) is 0 Å². The second-order valence-electron chi connectivity index (χ2n) is 7.62. The van der Waals surface area contributed by atoms with Crippen molar-refractivity contribution < 1.29 is 0 Å². The molecule has 0 fully saturated rings. The number of benzene rings is 2. The van der Waals surface area contributed by atoms with Gasteiger partial charge in [-0.25, -0.2) is 0 Å². The van der Waals surface area contributed by atoms with Gasteiger partial charge in [0, 0.05) is 6.04 Å². The van der Waals surface area contributed by atoms with E-state index in [1.165, 1.54) is 72.5 Å². The highest BCUT2D eigenvalue weighted by molar-refractivity contribution is 5.93. The lowest BCUT2D eigenvalue weighted by Gasteiger charge is -2.27. The fourth-order valence-corrected chi connectivity index (χ4v) is 4.25. The molecule has 0 bridgehead atoms. The Hall–Kier alpha value is -1.60. The highest BCUT2D eigenvalue weighted by Gasteiger charge is 2.13. The molecule has 0 saturated heterocycles. The van der Waals surface area contributed by atoms with Gasteiger partial charge < -0.3 is 4.90 Å². The third-order valence-electron chi connectivity index (χ3n) is 5.68. The first kappa shape index (κ1) is 18.2. The van der Waals surface area contributed by atoms with Crippen molar-refractivity contribution in [2.45, 2.75) is 64.8 Å². The van der Waals surface area contributed by atoms with E-state index in [4.69, 9.17) is 0 Å². The maximum Gasteiger partial charge on any atom is 0.00920 e. The highest BCUT2D eigenvalue weighted by atomic mass is 15.1. The van der Waals surface area contributed by atoms with Gasteiger partial charge in [0.25, 0.3) is 0 Å². The van der Waals surface area contributed by atoms with Gasteiger partial charge in [-0.2, -0.15) is 0 Å². The Balaban J connectivity index is 1.60. The molecule has 0 N–H and O–H groups in total. The molecule has 0 spiro atoms. The molecule has 0 aromatic heterocycles. The van der Waals surface area contributed by atoms with Crippen molar-refractivity contribution in [2.75, 3.05) is 13.6 Å². The second kappa shape index (κ2) is 8.67. The van der Waals surface area contributed by atoms with Gasteiger partial charge in [-0.1, -0.05) is 69.2 Å². The van der Waals surface area contributed by atoms with Crippen LogP contribution in [-0.4, -0.2) is 24.5 Å². The Morgan fingerprint density at radius 2 is 1.84 bits per heavy atom. The van der Waals surface area contributed by atoms with E-state index >= 15 is 0 Å². The molecule has 0 atom stereocenters. The summed E-state index contributed by atoms with van der Waals surface area (Å²) in [5, 5.41) is 2.81. The van der Waals surface area contributed by atoms with Gasteiger partial charge in [0.15, 0.2) is 0 Å². The van der Waals surface area contributed by atoms with E-state index in [1.54, 1.807) is 0 Å². The lowest BCUT2D eigenvalue weighted by atomic mass is 9.97. The van der Waals surface area contributed by atoms with Crippen LogP contribution in [0, 0.1) is 0 Å². The van der Waals surface area contributed by atoms with E-state index in [2.05, 4.69) is 68.3 Å². The molecular weight excluding hydrogens is 302 g/mol. The Kier molecular flexibility index (Phi) is 6.31. The molecule has 2 aromatic carbocycles. The highest BCUT2D eigenvalue weighted by Crippen LogP contribution is 2.29. The fraction of sp³-hybridized carbons (Fsp3) is 0.500. The molecule has 0 heterocycles. The number of nitrogens with zero attached hydrogens (tertiary/aromatic N) is 1. The zero-order valence-corrected chi connectivity index (χ0v) is 16.2. The first-order valence-corrected chi connectivity index (χ1v) is 10.1. The lowest BCUT2D eigenvalue weighted by molar-refractivity contribution is 0.214. The predicted octanol–water partition coefficient (Wildman–Crippen LogP) is 6.24. The van der Waals surface area contributed by atoms with Gasteiger partial charge in [-0.05, 0) is 73.2 Å². The number of rotatable bonds is 9. The summed E-state index contributed by atoms with van der Waals surface area (Å²) >= 11 is 0. The summed E-state index contributed by atoms with van der Waals surface area (Å²) < 4.78 is 0. The minimum atomic E-state index is 0.765. The minimum Gasteiger partial charge on any atom is -0.303 e. The van der Waals surface area contributed by atoms with Crippen LogP contribution in [0.25, 0.3) is 16.8 Å². The van der Waals surface area contributed by atoms with Gasteiger partial charge in [0.05, 0.1) is 0 Å². The zero-order chi connectivity index (χ0) is 17.6. The van der Waals surface area contributed by atoms with Crippen molar-refractivity contribution in [1.82, 2.24) is 4.90 Å². The summed E-state index contributed by atoms with van der Waals surface area (Å²) in [4.78, 5) is 2.59. The van der Waals surface area contributed by atoms with Crippen molar-refractivity contribution in [1.29, 1.82) is 0 Å². The maximum atomic E-state index is 2.59. The predicted molar refractivity (Wildman–Crippen MR) is 111 cm³/mol. The average Bonchev–Trinajstić information content (AvgIpc) is 3.10. The zero-order valence-electron chi connectivity index (χ0n) is 16.2. The Morgan fingerprint density at radius 1 is 1.04 bits per heavy atom. The number of allylic oxidation sites excluding steroid dienone is 1. The summed E-state index contributed by atoms with van der Waals surface area (Å²) in [5.74, 6) is 0. The van der Waals surface area contributed by atoms with E-state index in [9.17, 15) is 0 Å². The molecular formula is C24H33N. The molecule has 0 radical (unpaired) electrons. The van der Waals surface area contributed by atoms with Crippen molar-refractivity contribution in [3.05, 3.63) is 53.1 Å². The SMILES string of the molecule is CCCC(CCC)N(C)CCCc1ccc2c3c(ccc2c1)CC=C3. The third-order valence-corrected chi connectivity index (χ3v) is 5.68. The summed E-state index contributed by atoms with van der Waals surface area (Å²) in [5.41, 5.74) is 4.39. The molecule has 0 amide bonds. The van der Waals surface area contributed by atoms with Crippen LogP contribution in [0.1, 0.15) is 62.6 Å². The summed E-state index contributed by atoms with van der Waals surface area (Å²) in [6, 6.07) is 12.4. The smallest absolute Gasteiger partial charge is 0.00920 e. The molecule has 0 aliphatic heterocycles. The third kappa shape index (κ3) is 4.33. The molecule has 0 saturated carbocycles. The van der Waals surface area contributed by atoms with Gasteiger partial charge in [-0.15, -0.1) is 0 Å². The molecule has 1 aliphatic carbocycles. The number of aryl methyl sites for hydroxylation is 1. The van der Waals surface area contributed by atoms with Crippen LogP contribution in [0.15, 0.2) is 36.4 Å². The van der Waals surface area contributed by atoms with Gasteiger partial charge in [-0.3, -0.25) is 0 Å².